The summed E-state index contributed by atoms with van der Waals surface area (Å²) in [4.78, 5) is 0. The van der Waals surface area contributed by atoms with Crippen molar-refractivity contribution in [3.05, 3.63) is 0 Å². The van der Waals surface area contributed by atoms with E-state index in [0.717, 1.165) is 11.8 Å². The van der Waals surface area contributed by atoms with Gasteiger partial charge in [-0.05, 0) is 11.8 Å². The lowest BCUT2D eigenvalue weighted by Crippen LogP contribution is -2.11. The molecular formula is C10H22. The number of hydrogen-bond acceptors (Lipinski definition) is 0. The van der Waals surface area contributed by atoms with Crippen LogP contribution in [0.4, 0.5) is 0 Å². The van der Waals surface area contributed by atoms with Crippen LogP contribution in [-0.2, 0) is 0 Å². The standard InChI is InChI=1S/C10H20.H2/c1-3-4-10-7-5-9(2)6-8-10;/h9-10H,3-8H2,1-2H3;1H. The van der Waals surface area contributed by atoms with Gasteiger partial charge in [-0.3, -0.25) is 0 Å². The molecule has 0 nitrogen and oxygen atoms in total. The third-order valence-electron chi connectivity index (χ3n) is 2.83. The molecule has 0 spiro atoms. The molecule has 1 aliphatic rings. The smallest absolute Gasteiger partial charge is 0 e. The first kappa shape index (κ1) is 8.10. The molecule has 0 heterocycles. The molecule has 1 aliphatic carbocycles. The Hall–Kier alpha value is 0. The van der Waals surface area contributed by atoms with Crippen LogP contribution in [0.3, 0.4) is 0 Å². The lowest BCUT2D eigenvalue weighted by molar-refractivity contribution is 0.276. The van der Waals surface area contributed by atoms with Crippen molar-refractivity contribution in [2.75, 3.05) is 0 Å². The maximum atomic E-state index is 2.39. The summed E-state index contributed by atoms with van der Waals surface area (Å²) in [5.41, 5.74) is 0. The van der Waals surface area contributed by atoms with Crippen molar-refractivity contribution in [1.82, 2.24) is 0 Å². The molecule has 1 fully saturated rings. The second-order valence-corrected chi connectivity index (χ2v) is 3.91. The summed E-state index contributed by atoms with van der Waals surface area (Å²) in [6, 6.07) is 0. The van der Waals surface area contributed by atoms with Crippen molar-refractivity contribution in [2.45, 2.75) is 52.4 Å². The van der Waals surface area contributed by atoms with Gasteiger partial charge in [0.05, 0.1) is 0 Å². The Bertz CT molecular complexity index is 82.9. The second-order valence-electron chi connectivity index (χ2n) is 3.91. The van der Waals surface area contributed by atoms with E-state index in [1.54, 1.807) is 0 Å². The fraction of sp³-hybridized carbons (Fsp3) is 1.00. The highest BCUT2D eigenvalue weighted by Gasteiger charge is 2.16. The highest BCUT2D eigenvalue weighted by molar-refractivity contribution is 4.69. The van der Waals surface area contributed by atoms with Gasteiger partial charge in [0.15, 0.2) is 0 Å². The number of rotatable bonds is 2. The Labute approximate surface area is 66.5 Å². The van der Waals surface area contributed by atoms with Gasteiger partial charge in [-0.15, -0.1) is 0 Å². The van der Waals surface area contributed by atoms with Crippen LogP contribution in [0.2, 0.25) is 0 Å². The Morgan fingerprint density at radius 1 is 1.20 bits per heavy atom. The quantitative estimate of drug-likeness (QED) is 0.549. The van der Waals surface area contributed by atoms with Gasteiger partial charge >= 0.3 is 0 Å². The van der Waals surface area contributed by atoms with E-state index in [-0.39, 0.29) is 1.43 Å². The predicted molar refractivity (Wildman–Crippen MR) is 48.1 cm³/mol. The van der Waals surface area contributed by atoms with Crippen LogP contribution in [0, 0.1) is 11.8 Å². The van der Waals surface area contributed by atoms with Crippen molar-refractivity contribution in [1.29, 1.82) is 0 Å². The van der Waals surface area contributed by atoms with E-state index in [0.29, 0.717) is 0 Å². The highest BCUT2D eigenvalue weighted by atomic mass is 14.2. The summed E-state index contributed by atoms with van der Waals surface area (Å²) < 4.78 is 0. The molecular weight excluding hydrogens is 120 g/mol. The van der Waals surface area contributed by atoms with E-state index in [2.05, 4.69) is 13.8 Å². The monoisotopic (exact) mass is 142 g/mol. The Kier molecular flexibility index (Phi) is 3.24. The fourth-order valence-electron chi connectivity index (χ4n) is 2.03. The van der Waals surface area contributed by atoms with Crippen LogP contribution < -0.4 is 0 Å². The summed E-state index contributed by atoms with van der Waals surface area (Å²) in [5, 5.41) is 0. The van der Waals surface area contributed by atoms with Crippen LogP contribution >= 0.6 is 0 Å². The summed E-state index contributed by atoms with van der Waals surface area (Å²) >= 11 is 0. The van der Waals surface area contributed by atoms with Crippen LogP contribution in [0.1, 0.15) is 53.8 Å². The lowest BCUT2D eigenvalue weighted by Gasteiger charge is -2.25. The molecule has 1 rings (SSSR count). The van der Waals surface area contributed by atoms with E-state index in [9.17, 15) is 0 Å². The van der Waals surface area contributed by atoms with Crippen LogP contribution in [0.25, 0.3) is 0 Å². The van der Waals surface area contributed by atoms with E-state index in [1.165, 1.54) is 38.5 Å². The van der Waals surface area contributed by atoms with Crippen molar-refractivity contribution in [3.8, 4) is 0 Å². The molecule has 0 unspecified atom stereocenters. The molecule has 0 radical (unpaired) electrons. The van der Waals surface area contributed by atoms with E-state index < -0.39 is 0 Å². The average molecular weight is 142 g/mol. The van der Waals surface area contributed by atoms with Gasteiger partial charge in [-0.2, -0.15) is 0 Å². The molecule has 0 N–H and O–H groups in total. The zero-order valence-corrected chi connectivity index (χ0v) is 7.40. The van der Waals surface area contributed by atoms with Crippen molar-refractivity contribution < 1.29 is 1.43 Å². The Balaban J connectivity index is 0.000001000. The van der Waals surface area contributed by atoms with Crippen LogP contribution in [-0.4, -0.2) is 0 Å². The summed E-state index contributed by atoms with van der Waals surface area (Å²) in [6.45, 7) is 4.69. The predicted octanol–water partition coefficient (Wildman–Crippen LogP) is 3.86. The van der Waals surface area contributed by atoms with E-state index in [1.807, 2.05) is 0 Å². The third kappa shape index (κ3) is 2.32. The molecule has 0 aromatic heterocycles. The van der Waals surface area contributed by atoms with Crippen molar-refractivity contribution >= 4 is 0 Å². The molecule has 0 heteroatoms. The fourth-order valence-corrected chi connectivity index (χ4v) is 2.03. The molecule has 0 bridgehead atoms. The molecule has 10 heavy (non-hydrogen) atoms. The summed E-state index contributed by atoms with van der Waals surface area (Å²) in [6.07, 6.45) is 8.87. The van der Waals surface area contributed by atoms with Crippen molar-refractivity contribution in [3.63, 3.8) is 0 Å². The van der Waals surface area contributed by atoms with E-state index >= 15 is 0 Å². The molecule has 0 amide bonds. The first-order valence-corrected chi connectivity index (χ1v) is 4.83. The molecule has 62 valence electrons. The van der Waals surface area contributed by atoms with Crippen LogP contribution in [0.15, 0.2) is 0 Å². The molecule has 1 saturated carbocycles. The van der Waals surface area contributed by atoms with Gasteiger partial charge < -0.3 is 0 Å². The largest absolute Gasteiger partial charge is 0.0654 e. The minimum Gasteiger partial charge on any atom is -0.0654 e. The van der Waals surface area contributed by atoms with Gasteiger partial charge in [0.25, 0.3) is 0 Å². The highest BCUT2D eigenvalue weighted by Crippen LogP contribution is 2.30. The third-order valence-corrected chi connectivity index (χ3v) is 2.83. The zero-order chi connectivity index (χ0) is 7.40. The molecule has 0 aromatic carbocycles. The summed E-state index contributed by atoms with van der Waals surface area (Å²) in [7, 11) is 0. The average Bonchev–Trinajstić information content (AvgIpc) is 1.95. The zero-order valence-electron chi connectivity index (χ0n) is 7.40. The molecule has 0 saturated heterocycles. The van der Waals surface area contributed by atoms with Gasteiger partial charge in [0.1, 0.15) is 0 Å². The Morgan fingerprint density at radius 3 is 2.30 bits per heavy atom. The molecule has 0 aromatic rings. The van der Waals surface area contributed by atoms with E-state index in [4.69, 9.17) is 0 Å². The topological polar surface area (TPSA) is 0 Å². The van der Waals surface area contributed by atoms with Gasteiger partial charge in [0, 0.05) is 1.43 Å². The molecule has 0 aliphatic heterocycles. The molecule has 0 atom stereocenters. The normalized spacial score (nSPS) is 34.2. The van der Waals surface area contributed by atoms with Crippen molar-refractivity contribution in [2.24, 2.45) is 11.8 Å². The maximum Gasteiger partial charge on any atom is 0 e. The van der Waals surface area contributed by atoms with Crippen LogP contribution in [0.5, 0.6) is 0 Å². The first-order valence-electron chi connectivity index (χ1n) is 4.83. The first-order chi connectivity index (χ1) is 4.83. The minimum absolute atomic E-state index is 0. The van der Waals surface area contributed by atoms with Gasteiger partial charge in [-0.25, -0.2) is 0 Å². The second kappa shape index (κ2) is 4.00. The summed E-state index contributed by atoms with van der Waals surface area (Å²) in [5.74, 6) is 2.11. The maximum absolute atomic E-state index is 2.39. The van der Waals surface area contributed by atoms with Gasteiger partial charge in [0.2, 0.25) is 0 Å². The number of hydrogen-bond donors (Lipinski definition) is 0. The SMILES string of the molecule is CCCC1CCC(C)CC1.[HH]. The minimum atomic E-state index is 0. The lowest BCUT2D eigenvalue weighted by atomic mass is 9.81. The Morgan fingerprint density at radius 2 is 1.80 bits per heavy atom. The van der Waals surface area contributed by atoms with Gasteiger partial charge in [-0.1, -0.05) is 52.4 Å².